The Morgan fingerprint density at radius 1 is 1.07 bits per heavy atom. The maximum Gasteiger partial charge on any atom is 0.253 e. The lowest BCUT2D eigenvalue weighted by molar-refractivity contribution is 0.0827. The van der Waals surface area contributed by atoms with Crippen LogP contribution in [0.5, 0.6) is 11.5 Å². The molecule has 0 spiro atoms. The monoisotopic (exact) mass is 375 g/mol. The Labute approximate surface area is 166 Å². The molecule has 1 amide bonds. The smallest absolute Gasteiger partial charge is 0.253 e. The molecule has 0 saturated heterocycles. The number of carbonyl (C=O) groups is 1. The van der Waals surface area contributed by atoms with Gasteiger partial charge in [-0.05, 0) is 54.4 Å². The summed E-state index contributed by atoms with van der Waals surface area (Å²) >= 11 is 0. The Kier molecular flexibility index (Phi) is 6.40. The summed E-state index contributed by atoms with van der Waals surface area (Å²) in [5.74, 6) is 1.51. The van der Waals surface area contributed by atoms with Gasteiger partial charge >= 0.3 is 0 Å². The van der Waals surface area contributed by atoms with Gasteiger partial charge < -0.3 is 15.0 Å². The van der Waals surface area contributed by atoms with Crippen molar-refractivity contribution in [1.82, 2.24) is 15.2 Å². The van der Waals surface area contributed by atoms with Crippen LogP contribution in [-0.2, 0) is 6.54 Å². The van der Waals surface area contributed by atoms with Gasteiger partial charge in [0.25, 0.3) is 5.91 Å². The molecule has 1 heterocycles. The van der Waals surface area contributed by atoms with Crippen molar-refractivity contribution in [3.8, 4) is 11.5 Å². The van der Waals surface area contributed by atoms with E-state index >= 15 is 0 Å². The molecule has 1 N–H and O–H groups in total. The number of hydrogen-bond donors (Lipinski definition) is 1. The van der Waals surface area contributed by atoms with Crippen LogP contribution < -0.4 is 10.1 Å². The largest absolute Gasteiger partial charge is 0.456 e. The number of benzene rings is 2. The summed E-state index contributed by atoms with van der Waals surface area (Å²) in [5, 5.41) is 3.50. The fourth-order valence-electron chi connectivity index (χ4n) is 2.83. The standard InChI is InChI=1S/C23H25N3O2/c1-17(25-15-18-6-4-7-20(14-18)23(27)26(2)3)19-9-11-21(12-10-19)28-22-8-5-13-24-16-22/h4-14,16-17,25H,15H2,1-3H3. The molecule has 5 nitrogen and oxygen atoms in total. The van der Waals surface area contributed by atoms with Crippen molar-refractivity contribution in [2.45, 2.75) is 19.5 Å². The molecule has 0 aliphatic heterocycles. The van der Waals surface area contributed by atoms with Crippen LogP contribution in [-0.4, -0.2) is 29.9 Å². The van der Waals surface area contributed by atoms with Crippen molar-refractivity contribution in [2.75, 3.05) is 14.1 Å². The minimum absolute atomic E-state index is 0.0131. The molecule has 144 valence electrons. The zero-order chi connectivity index (χ0) is 19.9. The van der Waals surface area contributed by atoms with Crippen LogP contribution in [0.2, 0.25) is 0 Å². The van der Waals surface area contributed by atoms with Gasteiger partial charge in [0.15, 0.2) is 0 Å². The van der Waals surface area contributed by atoms with Gasteiger partial charge in [-0.2, -0.15) is 0 Å². The van der Waals surface area contributed by atoms with Crippen LogP contribution in [0.25, 0.3) is 0 Å². The zero-order valence-electron chi connectivity index (χ0n) is 16.4. The van der Waals surface area contributed by atoms with E-state index in [1.165, 1.54) is 5.56 Å². The molecule has 1 unspecified atom stereocenters. The fourth-order valence-corrected chi connectivity index (χ4v) is 2.83. The van der Waals surface area contributed by atoms with Crippen molar-refractivity contribution in [3.63, 3.8) is 0 Å². The molecule has 0 saturated carbocycles. The summed E-state index contributed by atoms with van der Waals surface area (Å²) in [7, 11) is 3.52. The lowest BCUT2D eigenvalue weighted by atomic mass is 10.1. The van der Waals surface area contributed by atoms with Gasteiger partial charge in [0.1, 0.15) is 11.5 Å². The Morgan fingerprint density at radius 2 is 1.86 bits per heavy atom. The van der Waals surface area contributed by atoms with Gasteiger partial charge in [-0.25, -0.2) is 0 Å². The van der Waals surface area contributed by atoms with E-state index in [2.05, 4.69) is 29.4 Å². The van der Waals surface area contributed by atoms with E-state index in [1.807, 2.05) is 48.5 Å². The molecule has 5 heteroatoms. The lowest BCUT2D eigenvalue weighted by Crippen LogP contribution is -2.22. The first kappa shape index (κ1) is 19.6. The SMILES string of the molecule is CC(NCc1cccc(C(=O)N(C)C)c1)c1ccc(Oc2cccnc2)cc1. The van der Waals surface area contributed by atoms with Crippen molar-refractivity contribution in [1.29, 1.82) is 0 Å². The summed E-state index contributed by atoms with van der Waals surface area (Å²) in [4.78, 5) is 17.7. The normalized spacial score (nSPS) is 11.7. The van der Waals surface area contributed by atoms with Crippen molar-refractivity contribution >= 4 is 5.91 Å². The molecule has 28 heavy (non-hydrogen) atoms. The fraction of sp³-hybridized carbons (Fsp3) is 0.217. The number of amides is 1. The minimum atomic E-state index is 0.0131. The van der Waals surface area contributed by atoms with Crippen LogP contribution in [0.1, 0.15) is 34.5 Å². The summed E-state index contributed by atoms with van der Waals surface area (Å²) < 4.78 is 5.78. The Bertz CT molecular complexity index is 909. The van der Waals surface area contributed by atoms with Crippen molar-refractivity contribution in [3.05, 3.63) is 89.7 Å². The van der Waals surface area contributed by atoms with Gasteiger partial charge in [-0.1, -0.05) is 24.3 Å². The lowest BCUT2D eigenvalue weighted by Gasteiger charge is -2.16. The van der Waals surface area contributed by atoms with Crippen LogP contribution in [0.4, 0.5) is 0 Å². The highest BCUT2D eigenvalue weighted by Gasteiger charge is 2.09. The Morgan fingerprint density at radius 3 is 2.54 bits per heavy atom. The molecule has 0 aliphatic carbocycles. The average molecular weight is 375 g/mol. The van der Waals surface area contributed by atoms with E-state index in [0.717, 1.165) is 11.3 Å². The molecular formula is C23H25N3O2. The van der Waals surface area contributed by atoms with Gasteiger partial charge in [0.05, 0.1) is 6.20 Å². The van der Waals surface area contributed by atoms with Crippen LogP contribution in [0.15, 0.2) is 73.1 Å². The number of ether oxygens (including phenoxy) is 1. The number of carbonyl (C=O) groups excluding carboxylic acids is 1. The van der Waals surface area contributed by atoms with Gasteiger partial charge in [0, 0.05) is 38.4 Å². The molecule has 0 radical (unpaired) electrons. The Balaban J connectivity index is 1.58. The molecule has 0 fully saturated rings. The van der Waals surface area contributed by atoms with E-state index in [9.17, 15) is 4.79 Å². The van der Waals surface area contributed by atoms with E-state index in [0.29, 0.717) is 17.9 Å². The summed E-state index contributed by atoms with van der Waals surface area (Å²) in [6.07, 6.45) is 3.41. The highest BCUT2D eigenvalue weighted by molar-refractivity contribution is 5.94. The van der Waals surface area contributed by atoms with Gasteiger partial charge in [-0.3, -0.25) is 9.78 Å². The maximum atomic E-state index is 12.1. The molecule has 3 rings (SSSR count). The highest BCUT2D eigenvalue weighted by atomic mass is 16.5. The summed E-state index contributed by atoms with van der Waals surface area (Å²) in [6, 6.07) is 19.6. The molecule has 0 aliphatic rings. The van der Waals surface area contributed by atoms with Crippen LogP contribution >= 0.6 is 0 Å². The molecule has 1 atom stereocenters. The molecule has 0 bridgehead atoms. The summed E-state index contributed by atoms with van der Waals surface area (Å²) in [5.41, 5.74) is 2.95. The Hall–Kier alpha value is -3.18. The van der Waals surface area contributed by atoms with E-state index in [1.54, 1.807) is 31.4 Å². The topological polar surface area (TPSA) is 54.5 Å². The first-order chi connectivity index (χ1) is 13.5. The third kappa shape index (κ3) is 5.18. The second-order valence-corrected chi connectivity index (χ2v) is 6.86. The number of nitrogens with one attached hydrogen (secondary N) is 1. The number of hydrogen-bond acceptors (Lipinski definition) is 4. The first-order valence-corrected chi connectivity index (χ1v) is 9.25. The number of aromatic nitrogens is 1. The number of nitrogens with zero attached hydrogens (tertiary/aromatic N) is 2. The molecule has 3 aromatic rings. The van der Waals surface area contributed by atoms with Crippen LogP contribution in [0, 0.1) is 0 Å². The van der Waals surface area contributed by atoms with Crippen molar-refractivity contribution < 1.29 is 9.53 Å². The number of pyridine rings is 1. The first-order valence-electron chi connectivity index (χ1n) is 9.25. The third-order valence-electron chi connectivity index (χ3n) is 4.44. The number of rotatable bonds is 7. The quantitative estimate of drug-likeness (QED) is 0.664. The predicted octanol–water partition coefficient (Wildman–Crippen LogP) is 4.43. The predicted molar refractivity (Wildman–Crippen MR) is 110 cm³/mol. The zero-order valence-corrected chi connectivity index (χ0v) is 16.4. The second-order valence-electron chi connectivity index (χ2n) is 6.86. The van der Waals surface area contributed by atoms with E-state index < -0.39 is 0 Å². The van der Waals surface area contributed by atoms with Crippen molar-refractivity contribution in [2.24, 2.45) is 0 Å². The molecular weight excluding hydrogens is 350 g/mol. The molecule has 2 aromatic carbocycles. The van der Waals surface area contributed by atoms with Gasteiger partial charge in [-0.15, -0.1) is 0 Å². The highest BCUT2D eigenvalue weighted by Crippen LogP contribution is 2.23. The van der Waals surface area contributed by atoms with Crippen LogP contribution in [0.3, 0.4) is 0 Å². The third-order valence-corrected chi connectivity index (χ3v) is 4.44. The van der Waals surface area contributed by atoms with E-state index in [4.69, 9.17) is 4.74 Å². The average Bonchev–Trinajstić information content (AvgIpc) is 2.73. The summed E-state index contributed by atoms with van der Waals surface area (Å²) in [6.45, 7) is 2.80. The van der Waals surface area contributed by atoms with Gasteiger partial charge in [0.2, 0.25) is 0 Å². The second kappa shape index (κ2) is 9.15. The maximum absolute atomic E-state index is 12.1. The van der Waals surface area contributed by atoms with E-state index in [-0.39, 0.29) is 11.9 Å². The molecule has 1 aromatic heterocycles. The minimum Gasteiger partial charge on any atom is -0.456 e.